The lowest BCUT2D eigenvalue weighted by molar-refractivity contribution is 0.540. The van der Waals surface area contributed by atoms with Gasteiger partial charge in [-0.05, 0) is 6.42 Å². The topological polar surface area (TPSA) is 60.2 Å². The van der Waals surface area contributed by atoms with E-state index in [1.54, 1.807) is 0 Å². The van der Waals surface area contributed by atoms with E-state index in [2.05, 4.69) is 6.92 Å². The van der Waals surface area contributed by atoms with E-state index in [0.717, 1.165) is 12.8 Å². The van der Waals surface area contributed by atoms with Crippen molar-refractivity contribution < 1.29 is 8.42 Å². The summed E-state index contributed by atoms with van der Waals surface area (Å²) >= 11 is 0. The standard InChI is InChI=1S/C12H27NO2S/c1-3-4-5-6-7-8-9-10-12(13)11-16(2,14)15/h12H,3-11,13H2,1-2H3. The SMILES string of the molecule is CCCCCCCCCC(N)CS(C)(=O)=O. The molecule has 3 nitrogen and oxygen atoms in total. The van der Waals surface area contributed by atoms with Gasteiger partial charge in [0.05, 0.1) is 5.75 Å². The average molecular weight is 249 g/mol. The van der Waals surface area contributed by atoms with Gasteiger partial charge in [0.25, 0.3) is 0 Å². The minimum absolute atomic E-state index is 0.128. The van der Waals surface area contributed by atoms with Crippen molar-refractivity contribution in [2.24, 2.45) is 5.73 Å². The number of unbranched alkanes of at least 4 members (excludes halogenated alkanes) is 6. The zero-order valence-corrected chi connectivity index (χ0v) is 11.6. The zero-order chi connectivity index (χ0) is 12.4. The third-order valence-corrected chi connectivity index (χ3v) is 3.73. The molecule has 0 amide bonds. The van der Waals surface area contributed by atoms with Crippen LogP contribution in [-0.2, 0) is 9.84 Å². The normalized spacial score (nSPS) is 13.9. The molecule has 0 aliphatic heterocycles. The molecule has 16 heavy (non-hydrogen) atoms. The van der Waals surface area contributed by atoms with Gasteiger partial charge in [-0.25, -0.2) is 8.42 Å². The fourth-order valence-corrected chi connectivity index (χ4v) is 2.78. The van der Waals surface area contributed by atoms with E-state index in [1.807, 2.05) is 0 Å². The summed E-state index contributed by atoms with van der Waals surface area (Å²) in [7, 11) is -2.90. The Balaban J connectivity index is 3.31. The highest BCUT2D eigenvalue weighted by molar-refractivity contribution is 7.90. The average Bonchev–Trinajstić information content (AvgIpc) is 2.13. The van der Waals surface area contributed by atoms with Gasteiger partial charge >= 0.3 is 0 Å². The second-order valence-corrected chi connectivity index (χ2v) is 6.95. The summed E-state index contributed by atoms with van der Waals surface area (Å²) in [6, 6.07) is -0.175. The van der Waals surface area contributed by atoms with Crippen LogP contribution in [0, 0.1) is 0 Å². The Morgan fingerprint density at radius 1 is 1.00 bits per heavy atom. The van der Waals surface area contributed by atoms with E-state index in [0.29, 0.717) is 0 Å². The summed E-state index contributed by atoms with van der Waals surface area (Å²) in [5, 5.41) is 0. The summed E-state index contributed by atoms with van der Waals surface area (Å²) in [6.45, 7) is 2.21. The van der Waals surface area contributed by atoms with Crippen LogP contribution in [0.4, 0.5) is 0 Å². The minimum Gasteiger partial charge on any atom is -0.327 e. The van der Waals surface area contributed by atoms with Crippen LogP contribution in [0.25, 0.3) is 0 Å². The molecule has 0 saturated carbocycles. The van der Waals surface area contributed by atoms with Crippen molar-refractivity contribution in [3.8, 4) is 0 Å². The van der Waals surface area contributed by atoms with Crippen LogP contribution in [0.15, 0.2) is 0 Å². The van der Waals surface area contributed by atoms with E-state index in [4.69, 9.17) is 5.73 Å². The molecule has 0 bridgehead atoms. The Hall–Kier alpha value is -0.0900. The number of hydrogen-bond acceptors (Lipinski definition) is 3. The minimum atomic E-state index is -2.90. The highest BCUT2D eigenvalue weighted by Gasteiger charge is 2.09. The Labute approximate surface area is 101 Å². The van der Waals surface area contributed by atoms with Crippen LogP contribution in [-0.4, -0.2) is 26.5 Å². The molecule has 4 heteroatoms. The second-order valence-electron chi connectivity index (χ2n) is 4.76. The van der Waals surface area contributed by atoms with Crippen LogP contribution in [0.3, 0.4) is 0 Å². The Kier molecular flexibility index (Phi) is 8.94. The highest BCUT2D eigenvalue weighted by Crippen LogP contribution is 2.09. The van der Waals surface area contributed by atoms with Crippen molar-refractivity contribution in [3.63, 3.8) is 0 Å². The van der Waals surface area contributed by atoms with Crippen LogP contribution < -0.4 is 5.73 Å². The van der Waals surface area contributed by atoms with Crippen molar-refractivity contribution in [3.05, 3.63) is 0 Å². The fraction of sp³-hybridized carbons (Fsp3) is 1.00. The molecule has 0 spiro atoms. The number of rotatable bonds is 10. The van der Waals surface area contributed by atoms with E-state index >= 15 is 0 Å². The molecule has 2 N–H and O–H groups in total. The zero-order valence-electron chi connectivity index (χ0n) is 10.7. The lowest BCUT2D eigenvalue weighted by Gasteiger charge is -2.09. The smallest absolute Gasteiger partial charge is 0.148 e. The van der Waals surface area contributed by atoms with Crippen molar-refractivity contribution >= 4 is 9.84 Å². The molecule has 1 unspecified atom stereocenters. The number of sulfone groups is 1. The molecule has 0 saturated heterocycles. The molecular weight excluding hydrogens is 222 g/mol. The van der Waals surface area contributed by atoms with Gasteiger partial charge in [-0.3, -0.25) is 0 Å². The van der Waals surface area contributed by atoms with E-state index in [9.17, 15) is 8.42 Å². The monoisotopic (exact) mass is 249 g/mol. The van der Waals surface area contributed by atoms with Gasteiger partial charge in [0.1, 0.15) is 9.84 Å². The van der Waals surface area contributed by atoms with E-state index in [-0.39, 0.29) is 11.8 Å². The number of hydrogen-bond donors (Lipinski definition) is 1. The fourth-order valence-electron chi connectivity index (χ4n) is 1.84. The molecule has 0 aromatic heterocycles. The van der Waals surface area contributed by atoms with Gasteiger partial charge in [0.15, 0.2) is 0 Å². The molecular formula is C12H27NO2S. The molecule has 0 fully saturated rings. The first-order valence-corrected chi connectivity index (χ1v) is 8.45. The third kappa shape index (κ3) is 12.0. The van der Waals surface area contributed by atoms with E-state index < -0.39 is 9.84 Å². The Bertz CT molecular complexity index is 250. The van der Waals surface area contributed by atoms with Crippen LogP contribution in [0.1, 0.15) is 58.3 Å². The van der Waals surface area contributed by atoms with Crippen LogP contribution >= 0.6 is 0 Å². The van der Waals surface area contributed by atoms with Crippen LogP contribution in [0.2, 0.25) is 0 Å². The first kappa shape index (κ1) is 15.9. The van der Waals surface area contributed by atoms with Gasteiger partial charge in [0, 0.05) is 12.3 Å². The number of nitrogens with two attached hydrogens (primary N) is 1. The lowest BCUT2D eigenvalue weighted by Crippen LogP contribution is -2.28. The highest BCUT2D eigenvalue weighted by atomic mass is 32.2. The maximum atomic E-state index is 11.0. The molecule has 0 rings (SSSR count). The third-order valence-electron chi connectivity index (χ3n) is 2.70. The van der Waals surface area contributed by atoms with Crippen molar-refractivity contribution in [1.29, 1.82) is 0 Å². The lowest BCUT2D eigenvalue weighted by atomic mass is 10.1. The second kappa shape index (κ2) is 8.99. The van der Waals surface area contributed by atoms with E-state index in [1.165, 1.54) is 44.8 Å². The van der Waals surface area contributed by atoms with Gasteiger partial charge in [-0.2, -0.15) is 0 Å². The molecule has 0 aromatic carbocycles. The first-order valence-electron chi connectivity index (χ1n) is 6.39. The summed E-state index contributed by atoms with van der Waals surface area (Å²) < 4.78 is 21.9. The molecule has 0 heterocycles. The summed E-state index contributed by atoms with van der Waals surface area (Å²) in [5.41, 5.74) is 5.74. The molecule has 1 atom stereocenters. The molecule has 0 aromatic rings. The summed E-state index contributed by atoms with van der Waals surface area (Å²) in [5.74, 6) is 0.128. The molecule has 0 radical (unpaired) electrons. The maximum absolute atomic E-state index is 11.0. The maximum Gasteiger partial charge on any atom is 0.148 e. The Morgan fingerprint density at radius 3 is 2.00 bits per heavy atom. The van der Waals surface area contributed by atoms with Crippen molar-refractivity contribution in [1.82, 2.24) is 0 Å². The Morgan fingerprint density at radius 2 is 1.50 bits per heavy atom. The molecule has 0 aliphatic rings. The quantitative estimate of drug-likeness (QED) is 0.605. The van der Waals surface area contributed by atoms with Gasteiger partial charge in [-0.1, -0.05) is 51.9 Å². The molecule has 0 aliphatic carbocycles. The molecule has 98 valence electrons. The summed E-state index contributed by atoms with van der Waals surface area (Å²) in [4.78, 5) is 0. The predicted molar refractivity (Wildman–Crippen MR) is 70.3 cm³/mol. The predicted octanol–water partition coefficient (Wildman–Crippen LogP) is 2.50. The first-order chi connectivity index (χ1) is 7.45. The largest absolute Gasteiger partial charge is 0.327 e. The van der Waals surface area contributed by atoms with Gasteiger partial charge in [0.2, 0.25) is 0 Å². The van der Waals surface area contributed by atoms with Crippen LogP contribution in [0.5, 0.6) is 0 Å². The van der Waals surface area contributed by atoms with Crippen molar-refractivity contribution in [2.75, 3.05) is 12.0 Å². The van der Waals surface area contributed by atoms with Gasteiger partial charge in [-0.15, -0.1) is 0 Å². The van der Waals surface area contributed by atoms with Gasteiger partial charge < -0.3 is 5.73 Å². The van der Waals surface area contributed by atoms with Crippen molar-refractivity contribution in [2.45, 2.75) is 64.3 Å². The summed E-state index contributed by atoms with van der Waals surface area (Å²) in [6.07, 6.45) is 10.8.